The van der Waals surface area contributed by atoms with Crippen LogP contribution in [0.2, 0.25) is 0 Å². The Hall–Kier alpha value is -3.23. The van der Waals surface area contributed by atoms with Gasteiger partial charge in [-0.3, -0.25) is 20.0 Å². The summed E-state index contributed by atoms with van der Waals surface area (Å²) in [5.74, 6) is 0.611. The van der Waals surface area contributed by atoms with Crippen molar-refractivity contribution in [1.29, 1.82) is 0 Å². The highest BCUT2D eigenvalue weighted by Crippen LogP contribution is 2.22. The number of aromatic amines is 1. The quantitative estimate of drug-likeness (QED) is 0.560. The van der Waals surface area contributed by atoms with Crippen LogP contribution >= 0.6 is 0 Å². The number of non-ortho nitro benzene ring substituents is 1. The van der Waals surface area contributed by atoms with Gasteiger partial charge in [0, 0.05) is 17.5 Å². The number of amides is 1. The topological polar surface area (TPSA) is 127 Å². The summed E-state index contributed by atoms with van der Waals surface area (Å²) >= 11 is 0. The predicted octanol–water partition coefficient (Wildman–Crippen LogP) is 2.01. The monoisotopic (exact) mass is 315 g/mol. The molecule has 0 radical (unpaired) electrons. The second kappa shape index (κ2) is 5.52. The lowest BCUT2D eigenvalue weighted by molar-refractivity contribution is -0.384. The summed E-state index contributed by atoms with van der Waals surface area (Å²) in [5.41, 5.74) is 1.29. The predicted molar refractivity (Wildman–Crippen MR) is 79.9 cm³/mol. The molecule has 0 saturated heterocycles. The molecule has 9 heteroatoms. The van der Waals surface area contributed by atoms with E-state index in [1.165, 1.54) is 18.2 Å². The zero-order valence-corrected chi connectivity index (χ0v) is 12.4. The molecule has 0 saturated carbocycles. The van der Waals surface area contributed by atoms with Crippen LogP contribution in [0, 0.1) is 24.0 Å². The van der Waals surface area contributed by atoms with E-state index in [-0.39, 0.29) is 17.9 Å². The van der Waals surface area contributed by atoms with Crippen LogP contribution in [0.5, 0.6) is 0 Å². The molecule has 3 rings (SSSR count). The van der Waals surface area contributed by atoms with Crippen LogP contribution in [0.1, 0.15) is 27.8 Å². The Morgan fingerprint density at radius 2 is 2.22 bits per heavy atom. The number of carbonyl (C=O) groups excluding carboxylic acids is 1. The average molecular weight is 315 g/mol. The molecule has 1 amide bonds. The van der Waals surface area contributed by atoms with Gasteiger partial charge < -0.3 is 9.73 Å². The van der Waals surface area contributed by atoms with Gasteiger partial charge in [-0.05, 0) is 19.9 Å². The lowest BCUT2D eigenvalue weighted by Crippen LogP contribution is -2.23. The average Bonchev–Trinajstić information content (AvgIpc) is 3.08. The molecule has 2 heterocycles. The van der Waals surface area contributed by atoms with Crippen LogP contribution in [-0.2, 0) is 6.54 Å². The number of H-pyrrole nitrogens is 1. The molecular weight excluding hydrogens is 302 g/mol. The standard InChI is InChI=1S/C14H13N5O4/c1-7-8(2)23-12(16-7)6-15-14(20)13-10-5-9(19(21)22)3-4-11(10)17-18-13/h3-5H,6H2,1-2H3,(H,15,20)(H,17,18). The third kappa shape index (κ3) is 2.76. The van der Waals surface area contributed by atoms with Gasteiger partial charge in [-0.15, -0.1) is 0 Å². The summed E-state index contributed by atoms with van der Waals surface area (Å²) in [6.07, 6.45) is 0. The SMILES string of the molecule is Cc1nc(CNC(=O)c2n[nH]c3ccc([N+](=O)[O-])cc23)oc1C. The molecule has 0 fully saturated rings. The largest absolute Gasteiger partial charge is 0.444 e. The van der Waals surface area contributed by atoms with Crippen molar-refractivity contribution < 1.29 is 14.1 Å². The summed E-state index contributed by atoms with van der Waals surface area (Å²) in [7, 11) is 0. The molecule has 9 nitrogen and oxygen atoms in total. The van der Waals surface area contributed by atoms with Crippen LogP contribution < -0.4 is 5.32 Å². The van der Waals surface area contributed by atoms with Crippen molar-refractivity contribution in [2.24, 2.45) is 0 Å². The summed E-state index contributed by atoms with van der Waals surface area (Å²) in [5, 5.41) is 20.5. The van der Waals surface area contributed by atoms with Crippen LogP contribution in [0.15, 0.2) is 22.6 Å². The van der Waals surface area contributed by atoms with Gasteiger partial charge >= 0.3 is 0 Å². The minimum Gasteiger partial charge on any atom is -0.444 e. The van der Waals surface area contributed by atoms with Gasteiger partial charge in [0.2, 0.25) is 5.89 Å². The molecular formula is C14H13N5O4. The molecule has 0 aliphatic rings. The van der Waals surface area contributed by atoms with Crippen molar-refractivity contribution in [2.45, 2.75) is 20.4 Å². The number of hydrogen-bond donors (Lipinski definition) is 2. The number of nitro groups is 1. The molecule has 118 valence electrons. The number of rotatable bonds is 4. The lowest BCUT2D eigenvalue weighted by Gasteiger charge is -2.00. The number of nitro benzene ring substituents is 1. The van der Waals surface area contributed by atoms with Gasteiger partial charge in [0.15, 0.2) is 5.69 Å². The van der Waals surface area contributed by atoms with Crippen molar-refractivity contribution in [3.05, 3.63) is 51.4 Å². The van der Waals surface area contributed by atoms with Gasteiger partial charge in [-0.25, -0.2) is 4.98 Å². The smallest absolute Gasteiger partial charge is 0.272 e. The fourth-order valence-corrected chi connectivity index (χ4v) is 2.14. The second-order valence-corrected chi connectivity index (χ2v) is 4.99. The van der Waals surface area contributed by atoms with Crippen molar-refractivity contribution in [1.82, 2.24) is 20.5 Å². The Morgan fingerprint density at radius 3 is 2.87 bits per heavy atom. The number of aryl methyl sites for hydroxylation is 2. The van der Waals surface area contributed by atoms with Crippen molar-refractivity contribution in [3.63, 3.8) is 0 Å². The third-order valence-corrected chi connectivity index (χ3v) is 3.45. The van der Waals surface area contributed by atoms with E-state index < -0.39 is 10.8 Å². The van der Waals surface area contributed by atoms with E-state index in [1.807, 2.05) is 6.92 Å². The number of oxazole rings is 1. The first kappa shape index (κ1) is 14.7. The molecule has 1 aromatic carbocycles. The Balaban J connectivity index is 1.82. The van der Waals surface area contributed by atoms with Gasteiger partial charge in [0.05, 0.1) is 22.7 Å². The highest BCUT2D eigenvalue weighted by atomic mass is 16.6. The summed E-state index contributed by atoms with van der Waals surface area (Å²) in [6, 6.07) is 4.17. The number of benzene rings is 1. The zero-order valence-electron chi connectivity index (χ0n) is 12.4. The van der Waals surface area contributed by atoms with Gasteiger partial charge in [0.1, 0.15) is 5.76 Å². The maximum absolute atomic E-state index is 12.2. The number of hydrogen-bond acceptors (Lipinski definition) is 6. The minimum absolute atomic E-state index is 0.0868. The van der Waals surface area contributed by atoms with Crippen LogP contribution in [0.3, 0.4) is 0 Å². The summed E-state index contributed by atoms with van der Waals surface area (Å²) in [6.45, 7) is 3.70. The number of aromatic nitrogens is 3. The van der Waals surface area contributed by atoms with Gasteiger partial charge in [-0.1, -0.05) is 0 Å². The molecule has 0 spiro atoms. The molecule has 0 atom stereocenters. The molecule has 0 aliphatic carbocycles. The molecule has 2 N–H and O–H groups in total. The van der Waals surface area contributed by atoms with Crippen LogP contribution in [-0.4, -0.2) is 26.0 Å². The Labute approximate surface area is 129 Å². The maximum Gasteiger partial charge on any atom is 0.272 e. The van der Waals surface area contributed by atoms with E-state index in [4.69, 9.17) is 4.42 Å². The molecule has 0 aliphatic heterocycles. The maximum atomic E-state index is 12.2. The number of nitrogens with zero attached hydrogens (tertiary/aromatic N) is 3. The lowest BCUT2D eigenvalue weighted by atomic mass is 10.2. The number of fused-ring (bicyclic) bond motifs is 1. The fourth-order valence-electron chi connectivity index (χ4n) is 2.14. The highest BCUT2D eigenvalue weighted by molar-refractivity contribution is 6.05. The molecule has 23 heavy (non-hydrogen) atoms. The van der Waals surface area contributed by atoms with Crippen molar-refractivity contribution in [3.8, 4) is 0 Å². The zero-order chi connectivity index (χ0) is 16.6. The first-order valence-corrected chi connectivity index (χ1v) is 6.79. The fraction of sp³-hybridized carbons (Fsp3) is 0.214. The Kier molecular flexibility index (Phi) is 3.53. The minimum atomic E-state index is -0.521. The molecule has 0 bridgehead atoms. The second-order valence-electron chi connectivity index (χ2n) is 4.99. The Morgan fingerprint density at radius 1 is 1.43 bits per heavy atom. The van der Waals surface area contributed by atoms with E-state index in [9.17, 15) is 14.9 Å². The van der Waals surface area contributed by atoms with E-state index >= 15 is 0 Å². The van der Waals surface area contributed by atoms with Gasteiger partial charge in [-0.2, -0.15) is 5.10 Å². The normalized spacial score (nSPS) is 10.9. The first-order chi connectivity index (χ1) is 11.0. The summed E-state index contributed by atoms with van der Waals surface area (Å²) < 4.78 is 5.38. The van der Waals surface area contributed by atoms with E-state index in [0.717, 1.165) is 5.69 Å². The Bertz CT molecular complexity index is 892. The van der Waals surface area contributed by atoms with Crippen LogP contribution in [0.25, 0.3) is 10.9 Å². The van der Waals surface area contributed by atoms with Crippen molar-refractivity contribution in [2.75, 3.05) is 0 Å². The van der Waals surface area contributed by atoms with Crippen LogP contribution in [0.4, 0.5) is 5.69 Å². The van der Waals surface area contributed by atoms with E-state index in [0.29, 0.717) is 22.6 Å². The van der Waals surface area contributed by atoms with E-state index in [1.54, 1.807) is 6.92 Å². The number of nitrogens with one attached hydrogen (secondary N) is 2. The number of carbonyl (C=O) groups is 1. The van der Waals surface area contributed by atoms with Crippen molar-refractivity contribution >= 4 is 22.5 Å². The molecule has 2 aromatic heterocycles. The summed E-state index contributed by atoms with van der Waals surface area (Å²) in [4.78, 5) is 26.7. The third-order valence-electron chi connectivity index (χ3n) is 3.45. The van der Waals surface area contributed by atoms with E-state index in [2.05, 4.69) is 20.5 Å². The van der Waals surface area contributed by atoms with Gasteiger partial charge in [0.25, 0.3) is 11.6 Å². The molecule has 3 aromatic rings. The first-order valence-electron chi connectivity index (χ1n) is 6.79. The molecule has 0 unspecified atom stereocenters. The highest BCUT2D eigenvalue weighted by Gasteiger charge is 2.17.